The van der Waals surface area contributed by atoms with Crippen LogP contribution < -0.4 is 0 Å². The van der Waals surface area contributed by atoms with Gasteiger partial charge in [0.2, 0.25) is 0 Å². The van der Waals surface area contributed by atoms with Gasteiger partial charge in [0.1, 0.15) is 5.82 Å². The average molecular weight is 469 g/mol. The Morgan fingerprint density at radius 1 is 1.09 bits per heavy atom. The second-order valence-corrected chi connectivity index (χ2v) is 9.11. The van der Waals surface area contributed by atoms with Gasteiger partial charge in [-0.15, -0.1) is 0 Å². The summed E-state index contributed by atoms with van der Waals surface area (Å²) in [4.78, 5) is 10.0. The summed E-state index contributed by atoms with van der Waals surface area (Å²) >= 11 is 0. The maximum atomic E-state index is 13.4. The Labute approximate surface area is 196 Å². The Hall–Kier alpha value is -3.15. The quantitative estimate of drug-likeness (QED) is 0.527. The number of nitrogens with one attached hydrogen (secondary N) is 1. The standard InChI is InChI=1S/C26H27F3N4O/c27-26(28,29)23-4-2-1-3-21(23)14-25(18-34)9-11-33(12-10-25)17-22-16-31-24(32-22)13-19-5-7-20(15-30)8-6-19/h1-8,16,34H,9-14,17-18H2,(H,31,32). The Bertz CT molecular complexity index is 1140. The minimum Gasteiger partial charge on any atom is -0.396 e. The number of nitriles is 1. The highest BCUT2D eigenvalue weighted by atomic mass is 19.4. The van der Waals surface area contributed by atoms with Crippen LogP contribution in [0.4, 0.5) is 13.2 Å². The molecule has 8 heteroatoms. The molecule has 5 nitrogen and oxygen atoms in total. The predicted molar refractivity (Wildman–Crippen MR) is 122 cm³/mol. The molecule has 0 bridgehead atoms. The topological polar surface area (TPSA) is 75.9 Å². The average Bonchev–Trinajstić information content (AvgIpc) is 3.27. The smallest absolute Gasteiger partial charge is 0.396 e. The molecule has 1 aliphatic rings. The molecule has 1 aromatic heterocycles. The van der Waals surface area contributed by atoms with E-state index in [2.05, 4.69) is 20.9 Å². The summed E-state index contributed by atoms with van der Waals surface area (Å²) in [6.07, 6.45) is -0.482. The van der Waals surface area contributed by atoms with Gasteiger partial charge in [-0.2, -0.15) is 18.4 Å². The number of imidazole rings is 1. The zero-order chi connectivity index (χ0) is 24.2. The van der Waals surface area contributed by atoms with E-state index < -0.39 is 17.2 Å². The lowest BCUT2D eigenvalue weighted by Crippen LogP contribution is -2.43. The summed E-state index contributed by atoms with van der Waals surface area (Å²) in [5.74, 6) is 0.838. The van der Waals surface area contributed by atoms with Crippen molar-refractivity contribution in [2.24, 2.45) is 5.41 Å². The number of piperidine rings is 1. The van der Waals surface area contributed by atoms with Gasteiger partial charge in [-0.3, -0.25) is 4.90 Å². The maximum Gasteiger partial charge on any atom is 0.416 e. The molecular formula is C26H27F3N4O. The van der Waals surface area contributed by atoms with Gasteiger partial charge < -0.3 is 10.1 Å². The third-order valence-corrected chi connectivity index (χ3v) is 6.67. The number of benzene rings is 2. The molecule has 2 N–H and O–H groups in total. The van der Waals surface area contributed by atoms with E-state index in [1.807, 2.05) is 18.3 Å². The van der Waals surface area contributed by atoms with Crippen LogP contribution in [0, 0.1) is 16.7 Å². The van der Waals surface area contributed by atoms with E-state index in [4.69, 9.17) is 5.26 Å². The molecule has 0 saturated carbocycles. The summed E-state index contributed by atoms with van der Waals surface area (Å²) in [6.45, 7) is 1.92. The van der Waals surface area contributed by atoms with Crippen LogP contribution in [0.15, 0.2) is 54.7 Å². The number of aromatic nitrogens is 2. The van der Waals surface area contributed by atoms with Crippen LogP contribution >= 0.6 is 0 Å². The van der Waals surface area contributed by atoms with Crippen molar-refractivity contribution in [3.8, 4) is 6.07 Å². The molecular weight excluding hydrogens is 441 g/mol. The molecule has 178 valence electrons. The lowest BCUT2D eigenvalue weighted by atomic mass is 9.73. The number of aliphatic hydroxyl groups excluding tert-OH is 1. The van der Waals surface area contributed by atoms with Crippen LogP contribution in [0.25, 0.3) is 0 Å². The zero-order valence-corrected chi connectivity index (χ0v) is 18.8. The fourth-order valence-electron chi connectivity index (χ4n) is 4.64. The molecule has 0 unspecified atom stereocenters. The Balaban J connectivity index is 1.35. The van der Waals surface area contributed by atoms with Crippen molar-refractivity contribution in [3.63, 3.8) is 0 Å². The second-order valence-electron chi connectivity index (χ2n) is 9.11. The minimum absolute atomic E-state index is 0.133. The van der Waals surface area contributed by atoms with Crippen molar-refractivity contribution in [3.05, 3.63) is 88.5 Å². The van der Waals surface area contributed by atoms with Crippen molar-refractivity contribution >= 4 is 0 Å². The summed E-state index contributed by atoms with van der Waals surface area (Å²) in [5.41, 5.74) is 1.74. The van der Waals surface area contributed by atoms with Crippen LogP contribution in [0.2, 0.25) is 0 Å². The van der Waals surface area contributed by atoms with Gasteiger partial charge in [0, 0.05) is 31.5 Å². The molecule has 0 radical (unpaired) electrons. The van der Waals surface area contributed by atoms with Crippen molar-refractivity contribution in [1.82, 2.24) is 14.9 Å². The molecule has 0 spiro atoms. The Morgan fingerprint density at radius 3 is 2.44 bits per heavy atom. The number of rotatable bonds is 7. The first kappa shape index (κ1) is 24.0. The summed E-state index contributed by atoms with van der Waals surface area (Å²) in [5, 5.41) is 19.0. The first-order chi connectivity index (χ1) is 16.3. The molecule has 34 heavy (non-hydrogen) atoms. The Kier molecular flexibility index (Phi) is 7.05. The minimum atomic E-state index is -4.40. The number of nitrogens with zero attached hydrogens (tertiary/aromatic N) is 3. The van der Waals surface area contributed by atoms with Crippen LogP contribution in [0.3, 0.4) is 0 Å². The van der Waals surface area contributed by atoms with Crippen molar-refractivity contribution in [2.75, 3.05) is 19.7 Å². The van der Waals surface area contributed by atoms with Gasteiger partial charge in [0.05, 0.1) is 17.2 Å². The maximum absolute atomic E-state index is 13.4. The van der Waals surface area contributed by atoms with Gasteiger partial charge in [-0.05, 0) is 67.1 Å². The fraction of sp³-hybridized carbons (Fsp3) is 0.385. The third kappa shape index (κ3) is 5.66. The van der Waals surface area contributed by atoms with E-state index >= 15 is 0 Å². The summed E-state index contributed by atoms with van der Waals surface area (Å²) < 4.78 is 40.2. The highest BCUT2D eigenvalue weighted by Gasteiger charge is 2.38. The first-order valence-electron chi connectivity index (χ1n) is 11.3. The summed E-state index contributed by atoms with van der Waals surface area (Å²) in [7, 11) is 0. The van der Waals surface area contributed by atoms with E-state index in [0.29, 0.717) is 44.5 Å². The zero-order valence-electron chi connectivity index (χ0n) is 18.8. The predicted octanol–water partition coefficient (Wildman–Crippen LogP) is 4.71. The number of hydrogen-bond acceptors (Lipinski definition) is 4. The van der Waals surface area contributed by atoms with Crippen LogP contribution in [-0.2, 0) is 25.6 Å². The van der Waals surface area contributed by atoms with Gasteiger partial charge in [-0.25, -0.2) is 4.98 Å². The number of aliphatic hydroxyl groups is 1. The lowest BCUT2D eigenvalue weighted by Gasteiger charge is -2.41. The van der Waals surface area contributed by atoms with Crippen molar-refractivity contribution in [1.29, 1.82) is 5.26 Å². The van der Waals surface area contributed by atoms with E-state index in [-0.39, 0.29) is 18.6 Å². The largest absolute Gasteiger partial charge is 0.416 e. The molecule has 3 aromatic rings. The van der Waals surface area contributed by atoms with E-state index in [1.165, 1.54) is 12.1 Å². The lowest BCUT2D eigenvalue weighted by molar-refractivity contribution is -0.138. The molecule has 1 aliphatic heterocycles. The van der Waals surface area contributed by atoms with Gasteiger partial charge in [0.25, 0.3) is 0 Å². The van der Waals surface area contributed by atoms with Crippen molar-refractivity contribution < 1.29 is 18.3 Å². The van der Waals surface area contributed by atoms with Gasteiger partial charge in [-0.1, -0.05) is 30.3 Å². The normalized spacial score (nSPS) is 16.3. The fourth-order valence-corrected chi connectivity index (χ4v) is 4.64. The van der Waals surface area contributed by atoms with E-state index in [1.54, 1.807) is 18.2 Å². The van der Waals surface area contributed by atoms with Crippen LogP contribution in [-0.4, -0.2) is 39.7 Å². The molecule has 0 aliphatic carbocycles. The van der Waals surface area contributed by atoms with Crippen LogP contribution in [0.1, 0.15) is 46.6 Å². The molecule has 2 aromatic carbocycles. The third-order valence-electron chi connectivity index (χ3n) is 6.67. The number of halogens is 3. The number of H-pyrrole nitrogens is 1. The number of aromatic amines is 1. The van der Waals surface area contributed by atoms with E-state index in [0.717, 1.165) is 23.1 Å². The summed E-state index contributed by atoms with van der Waals surface area (Å²) in [6, 6.07) is 15.2. The highest BCUT2D eigenvalue weighted by molar-refractivity contribution is 5.33. The van der Waals surface area contributed by atoms with E-state index in [9.17, 15) is 18.3 Å². The SMILES string of the molecule is N#Cc1ccc(Cc2ncc(CN3CCC(CO)(Cc4ccccc4C(F)(F)F)CC3)[nH]2)cc1. The molecule has 1 fully saturated rings. The Morgan fingerprint density at radius 2 is 1.79 bits per heavy atom. The molecule has 1 saturated heterocycles. The monoisotopic (exact) mass is 468 g/mol. The highest BCUT2D eigenvalue weighted by Crippen LogP contribution is 2.39. The number of alkyl halides is 3. The second kappa shape index (κ2) is 10.00. The van der Waals surface area contributed by atoms with Gasteiger partial charge >= 0.3 is 6.18 Å². The molecule has 0 amide bonds. The molecule has 4 rings (SSSR count). The van der Waals surface area contributed by atoms with Crippen molar-refractivity contribution in [2.45, 2.75) is 38.4 Å². The van der Waals surface area contributed by atoms with Gasteiger partial charge in [0.15, 0.2) is 0 Å². The molecule has 2 heterocycles. The first-order valence-corrected chi connectivity index (χ1v) is 11.3. The number of hydrogen-bond donors (Lipinski definition) is 2. The molecule has 0 atom stereocenters. The van der Waals surface area contributed by atoms with Crippen LogP contribution in [0.5, 0.6) is 0 Å². The number of likely N-dealkylation sites (tertiary alicyclic amines) is 1.